The summed E-state index contributed by atoms with van der Waals surface area (Å²) in [5.41, 5.74) is -0.241. The van der Waals surface area contributed by atoms with E-state index in [9.17, 15) is 14.7 Å². The molecule has 1 heterocycles. The number of nitrogens with one attached hydrogen (secondary N) is 1. The van der Waals surface area contributed by atoms with E-state index in [4.69, 9.17) is 11.6 Å². The van der Waals surface area contributed by atoms with Gasteiger partial charge >= 0.3 is 5.97 Å². The molecular weight excluding hydrogens is 296 g/mol. The first kappa shape index (κ1) is 15.1. The number of benzene rings is 1. The number of hydrogen-bond acceptors (Lipinski definition) is 5. The lowest BCUT2D eigenvalue weighted by atomic mass is 10.1. The van der Waals surface area contributed by atoms with Gasteiger partial charge in [-0.2, -0.15) is 0 Å². The minimum absolute atomic E-state index is 0.0965. The number of rotatable bonds is 3. The molecule has 1 amide bonds. The van der Waals surface area contributed by atoms with Gasteiger partial charge in [0.1, 0.15) is 11.2 Å². The zero-order chi connectivity index (χ0) is 15.6. The largest absolute Gasteiger partial charge is 0.505 e. The highest BCUT2D eigenvalue weighted by molar-refractivity contribution is 6.34. The molecule has 0 saturated heterocycles. The van der Waals surface area contributed by atoms with E-state index in [-0.39, 0.29) is 16.6 Å². The minimum Gasteiger partial charge on any atom is -0.505 e. The molecule has 1 aromatic heterocycles. The molecule has 7 heteroatoms. The van der Waals surface area contributed by atoms with E-state index in [0.29, 0.717) is 10.8 Å². The predicted molar refractivity (Wildman–Crippen MR) is 77.4 cm³/mol. The smallest absolute Gasteiger partial charge is 0.328 e. The number of carbonyl (C=O) groups is 2. The van der Waals surface area contributed by atoms with Crippen LogP contribution >= 0.6 is 11.6 Å². The number of halogens is 1. The van der Waals surface area contributed by atoms with Crippen molar-refractivity contribution in [3.8, 4) is 5.75 Å². The summed E-state index contributed by atoms with van der Waals surface area (Å²) in [5.74, 6) is -1.60. The van der Waals surface area contributed by atoms with Crippen LogP contribution in [0.5, 0.6) is 5.75 Å². The summed E-state index contributed by atoms with van der Waals surface area (Å²) in [6.45, 7) is 1.46. The normalized spacial score (nSPS) is 12.0. The predicted octanol–water partition coefficient (Wildman–Crippen LogP) is 1.89. The lowest BCUT2D eigenvalue weighted by Crippen LogP contribution is -2.39. The van der Waals surface area contributed by atoms with Crippen molar-refractivity contribution >= 4 is 34.2 Å². The van der Waals surface area contributed by atoms with Crippen LogP contribution in [0.1, 0.15) is 17.4 Å². The van der Waals surface area contributed by atoms with Gasteiger partial charge in [0.25, 0.3) is 5.91 Å². The van der Waals surface area contributed by atoms with Crippen LogP contribution in [0.15, 0.2) is 24.3 Å². The molecule has 0 saturated carbocycles. The van der Waals surface area contributed by atoms with Crippen LogP contribution in [0.3, 0.4) is 0 Å². The van der Waals surface area contributed by atoms with Gasteiger partial charge in [-0.15, -0.1) is 0 Å². The van der Waals surface area contributed by atoms with E-state index in [1.54, 1.807) is 24.3 Å². The number of amides is 1. The number of pyridine rings is 1. The highest BCUT2D eigenvalue weighted by atomic mass is 35.5. The van der Waals surface area contributed by atoms with E-state index in [1.807, 2.05) is 0 Å². The molecule has 0 bridgehead atoms. The molecule has 2 N–H and O–H groups in total. The number of fused-ring (bicyclic) bond motifs is 1. The van der Waals surface area contributed by atoms with Crippen LogP contribution in [0.4, 0.5) is 0 Å². The second-order valence-electron chi connectivity index (χ2n) is 4.36. The van der Waals surface area contributed by atoms with Gasteiger partial charge in [-0.25, -0.2) is 9.78 Å². The Hall–Kier alpha value is -2.34. The summed E-state index contributed by atoms with van der Waals surface area (Å²) in [7, 11) is 1.22. The molecule has 1 atom stereocenters. The van der Waals surface area contributed by atoms with Gasteiger partial charge in [0, 0.05) is 10.8 Å². The van der Waals surface area contributed by atoms with E-state index in [2.05, 4.69) is 15.0 Å². The zero-order valence-corrected chi connectivity index (χ0v) is 12.1. The summed E-state index contributed by atoms with van der Waals surface area (Å²) in [5, 5.41) is 13.6. The maximum absolute atomic E-state index is 12.1. The Balaban J connectivity index is 2.40. The maximum atomic E-state index is 12.1. The first-order valence-electron chi connectivity index (χ1n) is 6.11. The van der Waals surface area contributed by atoms with Gasteiger partial charge in [0.05, 0.1) is 7.11 Å². The van der Waals surface area contributed by atoms with Gasteiger partial charge in [0.15, 0.2) is 11.4 Å². The molecule has 6 nitrogen and oxygen atoms in total. The maximum Gasteiger partial charge on any atom is 0.328 e. The van der Waals surface area contributed by atoms with Crippen molar-refractivity contribution in [2.75, 3.05) is 7.11 Å². The summed E-state index contributed by atoms with van der Waals surface area (Å²) in [6.07, 6.45) is 0. The summed E-state index contributed by atoms with van der Waals surface area (Å²) < 4.78 is 4.51. The van der Waals surface area contributed by atoms with Crippen LogP contribution in [0, 0.1) is 0 Å². The second kappa shape index (κ2) is 5.97. The molecule has 21 heavy (non-hydrogen) atoms. The fourth-order valence-corrected chi connectivity index (χ4v) is 2.12. The van der Waals surface area contributed by atoms with Crippen LogP contribution in [0.2, 0.25) is 5.15 Å². The number of nitrogens with zero attached hydrogens (tertiary/aromatic N) is 1. The van der Waals surface area contributed by atoms with Crippen LogP contribution < -0.4 is 5.32 Å². The average molecular weight is 309 g/mol. The Morgan fingerprint density at radius 2 is 1.95 bits per heavy atom. The highest BCUT2D eigenvalue weighted by Gasteiger charge is 2.22. The lowest BCUT2D eigenvalue weighted by Gasteiger charge is -2.13. The van der Waals surface area contributed by atoms with Gasteiger partial charge < -0.3 is 15.2 Å². The molecule has 110 valence electrons. The molecule has 0 radical (unpaired) electrons. The van der Waals surface area contributed by atoms with E-state index < -0.39 is 17.9 Å². The Kier molecular flexibility index (Phi) is 4.28. The molecule has 1 aromatic carbocycles. The van der Waals surface area contributed by atoms with E-state index in [0.717, 1.165) is 0 Å². The number of aromatic hydroxyl groups is 1. The Morgan fingerprint density at radius 3 is 2.57 bits per heavy atom. The zero-order valence-electron chi connectivity index (χ0n) is 11.4. The first-order chi connectivity index (χ1) is 9.95. The Bertz CT molecular complexity index is 717. The summed E-state index contributed by atoms with van der Waals surface area (Å²) in [4.78, 5) is 27.3. The molecule has 0 fully saturated rings. The first-order valence-corrected chi connectivity index (χ1v) is 6.49. The molecule has 0 spiro atoms. The molecule has 2 aromatic rings. The number of hydrogen-bond donors (Lipinski definition) is 2. The standard InChI is InChI=1S/C14H13ClN2O4/c1-7(14(20)21-2)16-13(19)10-11(18)8-5-3-4-6-9(8)12(15)17-10/h3-7,18H,1-2H3,(H,16,19)/t7-/m0/s1. The fraction of sp³-hybridized carbons (Fsp3) is 0.214. The van der Waals surface area contributed by atoms with Crippen molar-refractivity contribution in [3.63, 3.8) is 0 Å². The van der Waals surface area contributed by atoms with Crippen molar-refractivity contribution in [3.05, 3.63) is 35.1 Å². The Labute approximate surface area is 125 Å². The monoisotopic (exact) mass is 308 g/mol. The third kappa shape index (κ3) is 2.90. The molecule has 0 unspecified atom stereocenters. The number of methoxy groups -OCH3 is 1. The Morgan fingerprint density at radius 1 is 1.33 bits per heavy atom. The quantitative estimate of drug-likeness (QED) is 0.667. The third-order valence-corrected chi connectivity index (χ3v) is 3.24. The molecule has 0 aliphatic rings. The van der Waals surface area contributed by atoms with Gasteiger partial charge in [-0.05, 0) is 6.92 Å². The number of esters is 1. The SMILES string of the molecule is COC(=O)[C@H](C)NC(=O)c1nc(Cl)c2ccccc2c1O. The van der Waals surface area contributed by atoms with E-state index >= 15 is 0 Å². The van der Waals surface area contributed by atoms with E-state index in [1.165, 1.54) is 14.0 Å². The van der Waals surface area contributed by atoms with Gasteiger partial charge in [0.2, 0.25) is 0 Å². The van der Waals surface area contributed by atoms with Crippen LogP contribution in [-0.2, 0) is 9.53 Å². The van der Waals surface area contributed by atoms with Crippen LogP contribution in [0.25, 0.3) is 10.8 Å². The second-order valence-corrected chi connectivity index (χ2v) is 4.72. The van der Waals surface area contributed by atoms with Crippen molar-refractivity contribution in [1.82, 2.24) is 10.3 Å². The minimum atomic E-state index is -0.867. The summed E-state index contributed by atoms with van der Waals surface area (Å²) in [6, 6.07) is 5.89. The van der Waals surface area contributed by atoms with Gasteiger partial charge in [-0.3, -0.25) is 4.79 Å². The molecule has 0 aliphatic carbocycles. The molecule has 0 aliphatic heterocycles. The third-order valence-electron chi connectivity index (χ3n) is 2.96. The van der Waals surface area contributed by atoms with Crippen molar-refractivity contribution < 1.29 is 19.4 Å². The van der Waals surface area contributed by atoms with Crippen molar-refractivity contribution in [1.29, 1.82) is 0 Å². The van der Waals surface area contributed by atoms with Crippen molar-refractivity contribution in [2.45, 2.75) is 13.0 Å². The fourth-order valence-electron chi connectivity index (χ4n) is 1.87. The molecular formula is C14H13ClN2O4. The molecule has 2 rings (SSSR count). The number of ether oxygens (including phenoxy) is 1. The lowest BCUT2D eigenvalue weighted by molar-refractivity contribution is -0.142. The summed E-state index contributed by atoms with van der Waals surface area (Å²) >= 11 is 6.01. The highest BCUT2D eigenvalue weighted by Crippen LogP contribution is 2.31. The average Bonchev–Trinajstić information content (AvgIpc) is 2.49. The number of carbonyl (C=O) groups excluding carboxylic acids is 2. The van der Waals surface area contributed by atoms with Crippen molar-refractivity contribution in [2.24, 2.45) is 0 Å². The number of aromatic nitrogens is 1. The topological polar surface area (TPSA) is 88.5 Å². The van der Waals surface area contributed by atoms with Gasteiger partial charge in [-0.1, -0.05) is 35.9 Å². The van der Waals surface area contributed by atoms with Crippen LogP contribution in [-0.4, -0.2) is 35.1 Å².